The first-order valence-electron chi connectivity index (χ1n) is 8.13. The van der Waals surface area contributed by atoms with E-state index in [0.29, 0.717) is 11.7 Å². The molecule has 1 aromatic heterocycles. The number of aryl methyl sites for hydroxylation is 1. The Morgan fingerprint density at radius 3 is 2.82 bits per heavy atom. The third-order valence-corrected chi connectivity index (χ3v) is 5.47. The van der Waals surface area contributed by atoms with Gasteiger partial charge < -0.3 is 15.6 Å². The van der Waals surface area contributed by atoms with Crippen molar-refractivity contribution in [2.24, 2.45) is 17.1 Å². The third-order valence-electron chi connectivity index (χ3n) is 5.47. The summed E-state index contributed by atoms with van der Waals surface area (Å²) in [6.07, 6.45) is 12.1. The van der Waals surface area contributed by atoms with Crippen molar-refractivity contribution in [2.75, 3.05) is 18.0 Å². The highest BCUT2D eigenvalue weighted by Gasteiger charge is 2.46. The molecule has 2 aliphatic rings. The van der Waals surface area contributed by atoms with Crippen LogP contribution in [0, 0.1) is 23.7 Å². The Balaban J connectivity index is 1.72. The number of aromatic nitrogens is 2. The molecular weight excluding hydrogens is 276 g/mol. The third kappa shape index (κ3) is 2.52. The molecule has 0 radical (unpaired) electrons. The van der Waals surface area contributed by atoms with Gasteiger partial charge in [-0.25, -0.2) is 4.98 Å². The second-order valence-corrected chi connectivity index (χ2v) is 6.67. The Labute approximate surface area is 131 Å². The predicted octanol–water partition coefficient (Wildman–Crippen LogP) is 1.29. The molecule has 0 amide bonds. The molecule has 1 spiro atoms. The van der Waals surface area contributed by atoms with E-state index in [1.807, 2.05) is 6.92 Å². The minimum Gasteiger partial charge on any atom is -0.352 e. The molecule has 0 aromatic carbocycles. The largest absolute Gasteiger partial charge is 0.352 e. The van der Waals surface area contributed by atoms with Crippen molar-refractivity contribution >= 4 is 5.82 Å². The highest BCUT2D eigenvalue weighted by molar-refractivity contribution is 5.37. The molecule has 3 rings (SSSR count). The van der Waals surface area contributed by atoms with Gasteiger partial charge in [-0.3, -0.25) is 4.79 Å². The minimum absolute atomic E-state index is 0.0903. The lowest BCUT2D eigenvalue weighted by molar-refractivity contribution is 0.194. The van der Waals surface area contributed by atoms with E-state index >= 15 is 0 Å². The molecule has 1 aliphatic heterocycles. The number of aromatic amines is 1. The topological polar surface area (TPSA) is 75.0 Å². The van der Waals surface area contributed by atoms with Crippen molar-refractivity contribution in [3.05, 3.63) is 22.2 Å². The van der Waals surface area contributed by atoms with E-state index in [0.717, 1.165) is 50.9 Å². The number of H-pyrrole nitrogens is 1. The lowest BCUT2D eigenvalue weighted by Crippen LogP contribution is -2.48. The fourth-order valence-corrected chi connectivity index (χ4v) is 3.98. The molecule has 1 aliphatic carbocycles. The van der Waals surface area contributed by atoms with Crippen LogP contribution in [0.25, 0.3) is 0 Å². The number of rotatable bonds is 2. The zero-order valence-electron chi connectivity index (χ0n) is 13.1. The normalized spacial score (nSPS) is 27.0. The molecule has 2 heterocycles. The number of piperidine rings is 1. The summed E-state index contributed by atoms with van der Waals surface area (Å²) in [5, 5.41) is 0. The standard InChI is InChI=1S/C17H24N4O/c1-3-12-9-14(18)17(10-12)5-7-21(8-6-17)15-16(22)20-13(4-2)11-19-15/h1,11-12,14H,4-10,18H2,2H3,(H,20,22)/t12-,14+/m0/s1. The van der Waals surface area contributed by atoms with E-state index in [1.54, 1.807) is 6.20 Å². The van der Waals surface area contributed by atoms with Gasteiger partial charge in [-0.15, -0.1) is 12.3 Å². The van der Waals surface area contributed by atoms with Gasteiger partial charge in [0, 0.05) is 36.9 Å². The zero-order chi connectivity index (χ0) is 15.7. The van der Waals surface area contributed by atoms with E-state index in [9.17, 15) is 4.79 Å². The van der Waals surface area contributed by atoms with E-state index < -0.39 is 0 Å². The second kappa shape index (κ2) is 5.77. The van der Waals surface area contributed by atoms with Crippen molar-refractivity contribution in [3.8, 4) is 12.3 Å². The van der Waals surface area contributed by atoms with Crippen LogP contribution in [0.5, 0.6) is 0 Å². The molecule has 1 saturated heterocycles. The number of hydrogen-bond acceptors (Lipinski definition) is 4. The molecule has 5 nitrogen and oxygen atoms in total. The van der Waals surface area contributed by atoms with Crippen LogP contribution >= 0.6 is 0 Å². The van der Waals surface area contributed by atoms with Gasteiger partial charge in [0.2, 0.25) is 0 Å². The Bertz CT molecular complexity index is 637. The van der Waals surface area contributed by atoms with E-state index in [2.05, 4.69) is 20.8 Å². The fraction of sp³-hybridized carbons (Fsp3) is 0.647. The molecule has 3 N–H and O–H groups in total. The van der Waals surface area contributed by atoms with Gasteiger partial charge in [-0.2, -0.15) is 0 Å². The van der Waals surface area contributed by atoms with Gasteiger partial charge in [0.15, 0.2) is 5.82 Å². The van der Waals surface area contributed by atoms with E-state index in [4.69, 9.17) is 12.2 Å². The average molecular weight is 300 g/mol. The number of nitrogens with two attached hydrogens (primary N) is 1. The van der Waals surface area contributed by atoms with Crippen LogP contribution in [0.15, 0.2) is 11.0 Å². The molecule has 5 heteroatoms. The molecule has 2 fully saturated rings. The molecule has 118 valence electrons. The summed E-state index contributed by atoms with van der Waals surface area (Å²) >= 11 is 0. The first-order valence-corrected chi connectivity index (χ1v) is 8.13. The van der Waals surface area contributed by atoms with Crippen LogP contribution < -0.4 is 16.2 Å². The summed E-state index contributed by atoms with van der Waals surface area (Å²) < 4.78 is 0. The molecule has 1 aromatic rings. The molecule has 0 bridgehead atoms. The Morgan fingerprint density at radius 1 is 1.55 bits per heavy atom. The maximum Gasteiger partial charge on any atom is 0.291 e. The maximum absolute atomic E-state index is 12.2. The summed E-state index contributed by atoms with van der Waals surface area (Å²) in [5.74, 6) is 3.72. The van der Waals surface area contributed by atoms with Gasteiger partial charge in [0.05, 0.1) is 0 Å². The van der Waals surface area contributed by atoms with Crippen LogP contribution in [0.3, 0.4) is 0 Å². The lowest BCUT2D eigenvalue weighted by Gasteiger charge is -2.42. The predicted molar refractivity (Wildman–Crippen MR) is 87.6 cm³/mol. The van der Waals surface area contributed by atoms with Gasteiger partial charge in [0.25, 0.3) is 5.56 Å². The Morgan fingerprint density at radius 2 is 2.27 bits per heavy atom. The first kappa shape index (κ1) is 15.1. The number of anilines is 1. The van der Waals surface area contributed by atoms with Crippen LogP contribution in [-0.2, 0) is 6.42 Å². The number of nitrogens with zero attached hydrogens (tertiary/aromatic N) is 2. The van der Waals surface area contributed by atoms with Crippen LogP contribution in [-0.4, -0.2) is 29.1 Å². The van der Waals surface area contributed by atoms with Crippen molar-refractivity contribution in [1.82, 2.24) is 9.97 Å². The summed E-state index contributed by atoms with van der Waals surface area (Å²) in [5.41, 5.74) is 7.30. The fourth-order valence-electron chi connectivity index (χ4n) is 3.98. The number of nitrogens with one attached hydrogen (secondary N) is 1. The highest BCUT2D eigenvalue weighted by atomic mass is 16.1. The van der Waals surface area contributed by atoms with Crippen molar-refractivity contribution in [2.45, 2.75) is 45.1 Å². The van der Waals surface area contributed by atoms with Crippen molar-refractivity contribution in [1.29, 1.82) is 0 Å². The molecule has 2 atom stereocenters. The number of terminal acetylenes is 1. The van der Waals surface area contributed by atoms with Crippen molar-refractivity contribution < 1.29 is 0 Å². The first-order chi connectivity index (χ1) is 10.6. The molecule has 1 saturated carbocycles. The van der Waals surface area contributed by atoms with Gasteiger partial charge in [0.1, 0.15) is 0 Å². The highest BCUT2D eigenvalue weighted by Crippen LogP contribution is 2.48. The average Bonchev–Trinajstić information content (AvgIpc) is 2.84. The quantitative estimate of drug-likeness (QED) is 0.807. The Kier molecular flexibility index (Phi) is 3.96. The summed E-state index contributed by atoms with van der Waals surface area (Å²) in [4.78, 5) is 21.5. The molecule has 22 heavy (non-hydrogen) atoms. The summed E-state index contributed by atoms with van der Waals surface area (Å²) in [6.45, 7) is 3.65. The zero-order valence-corrected chi connectivity index (χ0v) is 13.1. The Hall–Kier alpha value is -1.80. The van der Waals surface area contributed by atoms with Crippen LogP contribution in [0.1, 0.15) is 38.3 Å². The monoisotopic (exact) mass is 300 g/mol. The number of hydrogen-bond donors (Lipinski definition) is 2. The van der Waals surface area contributed by atoms with Crippen LogP contribution in [0.4, 0.5) is 5.82 Å². The lowest BCUT2D eigenvalue weighted by atomic mass is 9.74. The minimum atomic E-state index is -0.0903. The van der Waals surface area contributed by atoms with Crippen molar-refractivity contribution in [3.63, 3.8) is 0 Å². The molecule has 0 unspecified atom stereocenters. The second-order valence-electron chi connectivity index (χ2n) is 6.67. The van der Waals surface area contributed by atoms with Gasteiger partial charge >= 0.3 is 0 Å². The van der Waals surface area contributed by atoms with Crippen LogP contribution in [0.2, 0.25) is 0 Å². The summed E-state index contributed by atoms with van der Waals surface area (Å²) in [7, 11) is 0. The summed E-state index contributed by atoms with van der Waals surface area (Å²) in [6, 6.07) is 0.185. The van der Waals surface area contributed by atoms with Gasteiger partial charge in [-0.05, 0) is 37.5 Å². The molecular formula is C17H24N4O. The smallest absolute Gasteiger partial charge is 0.291 e. The van der Waals surface area contributed by atoms with E-state index in [-0.39, 0.29) is 17.0 Å². The van der Waals surface area contributed by atoms with Gasteiger partial charge in [-0.1, -0.05) is 6.92 Å². The van der Waals surface area contributed by atoms with E-state index in [1.165, 1.54) is 0 Å². The maximum atomic E-state index is 12.2. The SMILES string of the molecule is C#C[C@H]1C[C@@H](N)C2(CCN(c3ncc(CC)[nH]c3=O)CC2)C1.